The Morgan fingerprint density at radius 2 is 1.77 bits per heavy atom. The number of anilines is 1. The van der Waals surface area contributed by atoms with Crippen LogP contribution in [0, 0.1) is 0 Å². The maximum absolute atomic E-state index is 8.76. The van der Waals surface area contributed by atoms with Crippen molar-refractivity contribution in [1.82, 2.24) is 0 Å². The average molecular weight is 177 g/mol. The van der Waals surface area contributed by atoms with Crippen LogP contribution in [0.5, 0.6) is 0 Å². The molecule has 0 aliphatic heterocycles. The van der Waals surface area contributed by atoms with E-state index in [0.29, 0.717) is 0 Å². The van der Waals surface area contributed by atoms with Gasteiger partial charge in [-0.05, 0) is 48.9 Å². The third kappa shape index (κ3) is 1.83. The molecule has 0 saturated heterocycles. The van der Waals surface area contributed by atoms with Crippen LogP contribution in [0.25, 0.3) is 0 Å². The highest BCUT2D eigenvalue weighted by Crippen LogP contribution is 2.23. The Hall–Kier alpha value is -1.02. The molecule has 70 valence electrons. The van der Waals surface area contributed by atoms with Crippen LogP contribution in [-0.2, 0) is 12.8 Å². The fraction of sp³-hybridized carbons (Fsp3) is 0.455. The summed E-state index contributed by atoms with van der Waals surface area (Å²) in [5.41, 5.74) is 5.86. The van der Waals surface area contributed by atoms with Crippen LogP contribution in [0.3, 0.4) is 0 Å². The topological polar surface area (TPSA) is 32.3 Å². The number of aryl methyl sites for hydroxylation is 2. The Kier molecular flexibility index (Phi) is 2.50. The van der Waals surface area contributed by atoms with Crippen LogP contribution in [0.15, 0.2) is 18.2 Å². The van der Waals surface area contributed by atoms with E-state index in [0.717, 1.165) is 12.1 Å². The van der Waals surface area contributed by atoms with Gasteiger partial charge in [0.2, 0.25) is 0 Å². The second-order valence-electron chi connectivity index (χ2n) is 3.66. The van der Waals surface area contributed by atoms with Crippen molar-refractivity contribution in [2.75, 3.05) is 5.48 Å². The van der Waals surface area contributed by atoms with Crippen molar-refractivity contribution in [3.05, 3.63) is 29.3 Å². The highest BCUT2D eigenvalue weighted by molar-refractivity contribution is 5.47. The summed E-state index contributed by atoms with van der Waals surface area (Å²) < 4.78 is 0. The first-order chi connectivity index (χ1) is 6.40. The number of rotatable bonds is 1. The van der Waals surface area contributed by atoms with Gasteiger partial charge in [-0.25, -0.2) is 0 Å². The number of fused-ring (bicyclic) bond motifs is 1. The second-order valence-corrected chi connectivity index (χ2v) is 3.66. The molecular formula is C11H15NO. The fourth-order valence-electron chi connectivity index (χ4n) is 1.98. The van der Waals surface area contributed by atoms with Gasteiger partial charge in [-0.3, -0.25) is 10.7 Å². The molecule has 1 aliphatic carbocycles. The molecule has 0 unspecified atom stereocenters. The smallest absolute Gasteiger partial charge is 0.0605 e. The summed E-state index contributed by atoms with van der Waals surface area (Å²) in [7, 11) is 0. The summed E-state index contributed by atoms with van der Waals surface area (Å²) in [4.78, 5) is 0. The normalized spacial score (nSPS) is 16.1. The third-order valence-corrected chi connectivity index (χ3v) is 2.73. The van der Waals surface area contributed by atoms with Gasteiger partial charge < -0.3 is 0 Å². The van der Waals surface area contributed by atoms with E-state index < -0.39 is 0 Å². The monoisotopic (exact) mass is 177 g/mol. The standard InChI is InChI=1S/C11H15NO/c13-12-11-7-6-9-4-2-1-3-5-10(9)8-11/h6-8,12-13H,1-5H2. The molecule has 2 heteroatoms. The molecule has 0 heterocycles. The Bertz CT molecular complexity index is 296. The molecule has 1 aromatic carbocycles. The number of hydrogen-bond acceptors (Lipinski definition) is 2. The van der Waals surface area contributed by atoms with E-state index >= 15 is 0 Å². The van der Waals surface area contributed by atoms with Gasteiger partial charge in [0.05, 0.1) is 5.69 Å². The number of hydrogen-bond donors (Lipinski definition) is 2. The van der Waals surface area contributed by atoms with Crippen LogP contribution in [0.1, 0.15) is 30.4 Å². The van der Waals surface area contributed by atoms with Gasteiger partial charge >= 0.3 is 0 Å². The minimum absolute atomic E-state index is 0.806. The zero-order chi connectivity index (χ0) is 9.10. The molecule has 0 saturated carbocycles. The fourth-order valence-corrected chi connectivity index (χ4v) is 1.98. The Labute approximate surface area is 78.5 Å². The maximum Gasteiger partial charge on any atom is 0.0605 e. The molecule has 2 N–H and O–H groups in total. The molecule has 0 atom stereocenters. The summed E-state index contributed by atoms with van der Waals surface area (Å²) in [6.45, 7) is 0. The highest BCUT2D eigenvalue weighted by atomic mass is 16.5. The van der Waals surface area contributed by atoms with Crippen molar-refractivity contribution in [2.24, 2.45) is 0 Å². The van der Waals surface area contributed by atoms with Gasteiger partial charge in [0.15, 0.2) is 0 Å². The summed E-state index contributed by atoms with van der Waals surface area (Å²) in [5.74, 6) is 0. The van der Waals surface area contributed by atoms with Gasteiger partial charge in [0, 0.05) is 0 Å². The molecular weight excluding hydrogens is 162 g/mol. The minimum Gasteiger partial charge on any atom is -0.291 e. The van der Waals surface area contributed by atoms with E-state index in [-0.39, 0.29) is 0 Å². The van der Waals surface area contributed by atoms with Gasteiger partial charge in [-0.15, -0.1) is 0 Å². The van der Waals surface area contributed by atoms with Gasteiger partial charge in [0.25, 0.3) is 0 Å². The van der Waals surface area contributed by atoms with Crippen LogP contribution >= 0.6 is 0 Å². The molecule has 1 aromatic rings. The molecule has 13 heavy (non-hydrogen) atoms. The zero-order valence-corrected chi connectivity index (χ0v) is 7.71. The van der Waals surface area contributed by atoms with Crippen molar-refractivity contribution in [3.63, 3.8) is 0 Å². The third-order valence-electron chi connectivity index (χ3n) is 2.73. The van der Waals surface area contributed by atoms with E-state index in [1.807, 2.05) is 6.07 Å². The van der Waals surface area contributed by atoms with E-state index in [2.05, 4.69) is 17.6 Å². The van der Waals surface area contributed by atoms with Crippen LogP contribution in [0.2, 0.25) is 0 Å². The van der Waals surface area contributed by atoms with Gasteiger partial charge in [-0.2, -0.15) is 0 Å². The first kappa shape index (κ1) is 8.57. The highest BCUT2D eigenvalue weighted by Gasteiger charge is 2.07. The molecule has 0 fully saturated rings. The van der Waals surface area contributed by atoms with Crippen molar-refractivity contribution in [3.8, 4) is 0 Å². The molecule has 0 amide bonds. The van der Waals surface area contributed by atoms with E-state index in [9.17, 15) is 0 Å². The molecule has 1 aliphatic rings. The number of nitrogens with one attached hydrogen (secondary N) is 1. The lowest BCUT2D eigenvalue weighted by molar-refractivity contribution is 0.389. The van der Waals surface area contributed by atoms with Crippen LogP contribution in [0.4, 0.5) is 5.69 Å². The predicted molar refractivity (Wildman–Crippen MR) is 53.1 cm³/mol. The Morgan fingerprint density at radius 3 is 2.54 bits per heavy atom. The van der Waals surface area contributed by atoms with Crippen molar-refractivity contribution >= 4 is 5.69 Å². The van der Waals surface area contributed by atoms with Crippen LogP contribution < -0.4 is 5.48 Å². The molecule has 0 spiro atoms. The summed E-state index contributed by atoms with van der Waals surface area (Å²) in [6, 6.07) is 6.12. The quantitative estimate of drug-likeness (QED) is 0.510. The lowest BCUT2D eigenvalue weighted by Gasteiger charge is -2.07. The molecule has 2 rings (SSSR count). The molecule has 2 nitrogen and oxygen atoms in total. The second kappa shape index (κ2) is 3.79. The van der Waals surface area contributed by atoms with Crippen molar-refractivity contribution in [1.29, 1.82) is 0 Å². The number of benzene rings is 1. The van der Waals surface area contributed by atoms with E-state index in [1.54, 1.807) is 0 Å². The summed E-state index contributed by atoms with van der Waals surface area (Å²) in [5, 5.41) is 8.76. The zero-order valence-electron chi connectivity index (χ0n) is 7.71. The van der Waals surface area contributed by atoms with Crippen molar-refractivity contribution < 1.29 is 5.21 Å². The first-order valence-electron chi connectivity index (χ1n) is 4.92. The molecule has 0 aromatic heterocycles. The predicted octanol–water partition coefficient (Wildman–Crippen LogP) is 2.76. The summed E-state index contributed by atoms with van der Waals surface area (Å²) in [6.07, 6.45) is 6.27. The minimum atomic E-state index is 0.806. The van der Waals surface area contributed by atoms with Gasteiger partial charge in [-0.1, -0.05) is 12.5 Å². The van der Waals surface area contributed by atoms with Gasteiger partial charge in [0.1, 0.15) is 0 Å². The molecule has 0 radical (unpaired) electrons. The average Bonchev–Trinajstić information content (AvgIpc) is 2.41. The van der Waals surface area contributed by atoms with Crippen LogP contribution in [-0.4, -0.2) is 5.21 Å². The largest absolute Gasteiger partial charge is 0.291 e. The Morgan fingerprint density at radius 1 is 1.00 bits per heavy atom. The Balaban J connectivity index is 2.32. The first-order valence-corrected chi connectivity index (χ1v) is 4.92. The maximum atomic E-state index is 8.76. The summed E-state index contributed by atoms with van der Waals surface area (Å²) >= 11 is 0. The van der Waals surface area contributed by atoms with Crippen molar-refractivity contribution in [2.45, 2.75) is 32.1 Å². The molecule has 0 bridgehead atoms. The lowest BCUT2D eigenvalue weighted by Crippen LogP contribution is -1.94. The van der Waals surface area contributed by atoms with E-state index in [1.165, 1.54) is 36.8 Å². The lowest BCUT2D eigenvalue weighted by atomic mass is 10.0. The SMILES string of the molecule is ONc1ccc2c(c1)CCCCC2. The van der Waals surface area contributed by atoms with E-state index in [4.69, 9.17) is 5.21 Å².